The highest BCUT2D eigenvalue weighted by Gasteiger charge is 2.06. The zero-order valence-electron chi connectivity index (χ0n) is 7.43. The van der Waals surface area contributed by atoms with Gasteiger partial charge in [0.05, 0.1) is 13.3 Å². The fourth-order valence-corrected chi connectivity index (χ4v) is 1.03. The first-order chi connectivity index (χ1) is 6.70. The van der Waals surface area contributed by atoms with E-state index < -0.39 is 0 Å². The summed E-state index contributed by atoms with van der Waals surface area (Å²) in [6.07, 6.45) is 1.44. The van der Waals surface area contributed by atoms with Crippen LogP contribution in [0, 0.1) is 0 Å². The van der Waals surface area contributed by atoms with Crippen LogP contribution in [0.15, 0.2) is 6.20 Å². The molecule has 0 atom stereocenters. The first-order valence-electron chi connectivity index (χ1n) is 3.80. The number of hydrogen-bond donors (Lipinski definition) is 2. The fraction of sp³-hybridized carbons (Fsp3) is 0.143. The maximum atomic E-state index is 5.59. The third-order valence-corrected chi connectivity index (χ3v) is 1.64. The van der Waals surface area contributed by atoms with Crippen molar-refractivity contribution in [3.8, 4) is 5.88 Å². The highest BCUT2D eigenvalue weighted by molar-refractivity contribution is 5.81. The lowest BCUT2D eigenvalue weighted by molar-refractivity contribution is 0.397. The smallest absolute Gasteiger partial charge is 0.232 e. The Hall–Kier alpha value is -2.18. The van der Waals surface area contributed by atoms with Crippen molar-refractivity contribution in [1.82, 2.24) is 19.9 Å². The van der Waals surface area contributed by atoms with E-state index in [-0.39, 0.29) is 11.8 Å². The number of aromatic nitrogens is 4. The topological polar surface area (TPSA) is 113 Å². The summed E-state index contributed by atoms with van der Waals surface area (Å²) < 4.78 is 4.89. The lowest BCUT2D eigenvalue weighted by atomic mass is 10.4. The second-order valence-electron chi connectivity index (χ2n) is 2.55. The van der Waals surface area contributed by atoms with Crippen LogP contribution < -0.4 is 16.2 Å². The van der Waals surface area contributed by atoms with E-state index in [0.29, 0.717) is 17.0 Å². The average Bonchev–Trinajstić information content (AvgIpc) is 2.17. The molecule has 0 bridgehead atoms. The lowest BCUT2D eigenvalue weighted by Gasteiger charge is -2.02. The van der Waals surface area contributed by atoms with E-state index in [0.717, 1.165) is 0 Å². The standard InChI is InChI=1S/C7H8N6O/c1-14-3-2-10-6-4(11-3)5(8)12-7(9)13-6/h2H,1H3,(H4,8,9,10,12,13). The van der Waals surface area contributed by atoms with Gasteiger partial charge >= 0.3 is 0 Å². The Morgan fingerprint density at radius 3 is 2.71 bits per heavy atom. The zero-order chi connectivity index (χ0) is 10.1. The minimum Gasteiger partial charge on any atom is -0.480 e. The molecule has 0 spiro atoms. The van der Waals surface area contributed by atoms with Crippen LogP contribution >= 0.6 is 0 Å². The van der Waals surface area contributed by atoms with E-state index in [4.69, 9.17) is 16.2 Å². The van der Waals surface area contributed by atoms with Crippen molar-refractivity contribution >= 4 is 22.9 Å². The van der Waals surface area contributed by atoms with Gasteiger partial charge in [0.1, 0.15) is 0 Å². The number of methoxy groups -OCH3 is 1. The molecule has 14 heavy (non-hydrogen) atoms. The number of nitrogens with two attached hydrogens (primary N) is 2. The van der Waals surface area contributed by atoms with Crippen molar-refractivity contribution in [3.63, 3.8) is 0 Å². The number of ether oxygens (including phenoxy) is 1. The molecule has 0 unspecified atom stereocenters. The van der Waals surface area contributed by atoms with Gasteiger partial charge in [-0.3, -0.25) is 0 Å². The summed E-state index contributed by atoms with van der Waals surface area (Å²) in [4.78, 5) is 15.7. The van der Waals surface area contributed by atoms with Crippen LogP contribution in [0.2, 0.25) is 0 Å². The number of nitrogens with zero attached hydrogens (tertiary/aromatic N) is 4. The molecule has 0 aromatic carbocycles. The molecule has 0 saturated heterocycles. The van der Waals surface area contributed by atoms with Crippen LogP contribution in [0.25, 0.3) is 11.2 Å². The van der Waals surface area contributed by atoms with Crippen molar-refractivity contribution in [2.45, 2.75) is 0 Å². The Morgan fingerprint density at radius 1 is 1.21 bits per heavy atom. The minimum absolute atomic E-state index is 0.0782. The summed E-state index contributed by atoms with van der Waals surface area (Å²) in [6.45, 7) is 0. The van der Waals surface area contributed by atoms with Crippen LogP contribution in [0.1, 0.15) is 0 Å². The quantitative estimate of drug-likeness (QED) is 0.631. The molecule has 2 aromatic rings. The van der Waals surface area contributed by atoms with Crippen LogP contribution in [0.3, 0.4) is 0 Å². The van der Waals surface area contributed by atoms with E-state index in [2.05, 4.69) is 19.9 Å². The molecule has 0 radical (unpaired) electrons. The maximum Gasteiger partial charge on any atom is 0.232 e. The third kappa shape index (κ3) is 1.24. The second kappa shape index (κ2) is 2.95. The molecule has 0 aliphatic rings. The number of nitrogen functional groups attached to an aromatic ring is 2. The predicted molar refractivity (Wildman–Crippen MR) is 50.5 cm³/mol. The normalized spacial score (nSPS) is 10.4. The van der Waals surface area contributed by atoms with E-state index >= 15 is 0 Å². The van der Waals surface area contributed by atoms with Crippen molar-refractivity contribution in [1.29, 1.82) is 0 Å². The van der Waals surface area contributed by atoms with Gasteiger partial charge in [0, 0.05) is 0 Å². The Kier molecular flexibility index (Phi) is 1.77. The van der Waals surface area contributed by atoms with Crippen molar-refractivity contribution in [2.24, 2.45) is 0 Å². The van der Waals surface area contributed by atoms with Gasteiger partial charge in [-0.15, -0.1) is 0 Å². The van der Waals surface area contributed by atoms with Crippen molar-refractivity contribution in [3.05, 3.63) is 6.20 Å². The molecular formula is C7H8N6O. The van der Waals surface area contributed by atoms with Gasteiger partial charge in [-0.05, 0) is 0 Å². The van der Waals surface area contributed by atoms with Gasteiger partial charge in [-0.1, -0.05) is 0 Å². The molecule has 2 heterocycles. The van der Waals surface area contributed by atoms with Crippen LogP contribution in [0.4, 0.5) is 11.8 Å². The molecule has 72 valence electrons. The lowest BCUT2D eigenvalue weighted by Crippen LogP contribution is -2.03. The first-order valence-corrected chi connectivity index (χ1v) is 3.80. The Bertz CT molecular complexity index is 485. The molecule has 4 N–H and O–H groups in total. The summed E-state index contributed by atoms with van der Waals surface area (Å²) in [5.41, 5.74) is 11.7. The third-order valence-electron chi connectivity index (χ3n) is 1.64. The van der Waals surface area contributed by atoms with Gasteiger partial charge in [0.2, 0.25) is 11.8 Å². The summed E-state index contributed by atoms with van der Waals surface area (Å²) in [5.74, 6) is 0.630. The number of anilines is 2. The molecule has 0 saturated carbocycles. The minimum atomic E-state index is 0.0782. The summed E-state index contributed by atoms with van der Waals surface area (Å²) in [7, 11) is 1.49. The fourth-order valence-electron chi connectivity index (χ4n) is 1.03. The van der Waals surface area contributed by atoms with Crippen LogP contribution in [-0.4, -0.2) is 27.0 Å². The van der Waals surface area contributed by atoms with Crippen LogP contribution in [0.5, 0.6) is 5.88 Å². The molecule has 2 aromatic heterocycles. The summed E-state index contributed by atoms with van der Waals surface area (Å²) in [6, 6.07) is 0. The highest BCUT2D eigenvalue weighted by atomic mass is 16.5. The summed E-state index contributed by atoms with van der Waals surface area (Å²) >= 11 is 0. The molecule has 7 heteroatoms. The molecular weight excluding hydrogens is 184 g/mol. The largest absolute Gasteiger partial charge is 0.480 e. The Morgan fingerprint density at radius 2 is 2.00 bits per heavy atom. The molecule has 0 aliphatic carbocycles. The van der Waals surface area contributed by atoms with Gasteiger partial charge in [-0.2, -0.15) is 9.97 Å². The van der Waals surface area contributed by atoms with Gasteiger partial charge in [0.15, 0.2) is 17.0 Å². The number of hydrogen-bond acceptors (Lipinski definition) is 7. The maximum absolute atomic E-state index is 5.59. The number of rotatable bonds is 1. The Labute approximate surface area is 79.1 Å². The molecule has 0 aliphatic heterocycles. The molecule has 0 fully saturated rings. The molecule has 7 nitrogen and oxygen atoms in total. The van der Waals surface area contributed by atoms with Gasteiger partial charge in [0.25, 0.3) is 0 Å². The highest BCUT2D eigenvalue weighted by Crippen LogP contribution is 2.16. The monoisotopic (exact) mass is 192 g/mol. The Balaban J connectivity index is 2.75. The average molecular weight is 192 g/mol. The molecule has 2 rings (SSSR count). The number of fused-ring (bicyclic) bond motifs is 1. The van der Waals surface area contributed by atoms with E-state index in [1.807, 2.05) is 0 Å². The summed E-state index contributed by atoms with van der Waals surface area (Å²) in [5, 5.41) is 0. The van der Waals surface area contributed by atoms with E-state index in [1.165, 1.54) is 13.3 Å². The van der Waals surface area contributed by atoms with Crippen molar-refractivity contribution < 1.29 is 4.74 Å². The molecule has 0 amide bonds. The second-order valence-corrected chi connectivity index (χ2v) is 2.55. The zero-order valence-corrected chi connectivity index (χ0v) is 7.43. The van der Waals surface area contributed by atoms with Crippen molar-refractivity contribution in [2.75, 3.05) is 18.6 Å². The SMILES string of the molecule is COc1cnc2nc(N)nc(N)c2n1. The predicted octanol–water partition coefficient (Wildman–Crippen LogP) is -0.407. The van der Waals surface area contributed by atoms with Gasteiger partial charge in [-0.25, -0.2) is 9.97 Å². The van der Waals surface area contributed by atoms with Crippen LogP contribution in [-0.2, 0) is 0 Å². The first kappa shape index (κ1) is 8.42. The van der Waals surface area contributed by atoms with E-state index in [1.54, 1.807) is 0 Å². The van der Waals surface area contributed by atoms with E-state index in [9.17, 15) is 0 Å². The van der Waals surface area contributed by atoms with Gasteiger partial charge < -0.3 is 16.2 Å².